The Morgan fingerprint density at radius 1 is 1.26 bits per heavy atom. The third-order valence-electron chi connectivity index (χ3n) is 5.99. The first-order valence-corrected chi connectivity index (χ1v) is 12.0. The summed E-state index contributed by atoms with van der Waals surface area (Å²) in [5, 5.41) is 0.749. The Kier molecular flexibility index (Phi) is 7.11. The topological polar surface area (TPSA) is 87.7 Å². The molecule has 1 fully saturated rings. The second-order valence-corrected chi connectivity index (χ2v) is 10.9. The molecule has 1 unspecified atom stereocenters. The van der Waals surface area contributed by atoms with Gasteiger partial charge in [0.05, 0.1) is 5.56 Å². The van der Waals surface area contributed by atoms with E-state index in [1.807, 2.05) is 13.8 Å². The van der Waals surface area contributed by atoms with Crippen molar-refractivity contribution < 1.29 is 19.1 Å². The Bertz CT molecular complexity index is 858. The minimum absolute atomic E-state index is 0.0410. The lowest BCUT2D eigenvalue weighted by Gasteiger charge is -2.31. The van der Waals surface area contributed by atoms with Gasteiger partial charge in [-0.15, -0.1) is 11.3 Å². The molecule has 2 N–H and O–H groups in total. The third kappa shape index (κ3) is 5.47. The number of nitrogens with zero attached hydrogens (tertiary/aromatic N) is 1. The van der Waals surface area contributed by atoms with E-state index in [9.17, 15) is 14.4 Å². The predicted octanol–water partition coefficient (Wildman–Crippen LogP) is 4.58. The number of carbonyl (C=O) groups excluding carboxylic acids is 3. The minimum atomic E-state index is -0.579. The molecule has 0 spiro atoms. The van der Waals surface area contributed by atoms with Crippen LogP contribution in [0.2, 0.25) is 0 Å². The Labute approximate surface area is 188 Å². The number of ketones is 1. The molecule has 2 heterocycles. The lowest BCUT2D eigenvalue weighted by atomic mass is 9.87. The van der Waals surface area contributed by atoms with Gasteiger partial charge in [-0.2, -0.15) is 0 Å². The fraction of sp³-hybridized carbons (Fsp3) is 0.696. The average Bonchev–Trinajstić information content (AvgIpc) is 3.26. The molecule has 0 radical (unpaired) electrons. The first kappa shape index (κ1) is 23.7. The van der Waals surface area contributed by atoms with Crippen molar-refractivity contribution in [1.82, 2.24) is 10.9 Å². The normalized spacial score (nSPS) is 23.0. The standard InChI is InChI=1S/C23H35N3O4S/c1-7-10-26-20(28)16(9-8-15-11-13(15)2)19(27)18-14(3)17(31-21(18)26)12-24-25-22(29)30-23(4,5)6/h13,15-16,24H,7-12H2,1-6H3,(H,25,29)/t13-,15-,16?/m0/s1. The molecule has 3 atom stereocenters. The maximum absolute atomic E-state index is 13.3. The average molecular weight is 450 g/mol. The van der Waals surface area contributed by atoms with Gasteiger partial charge in [0, 0.05) is 18.0 Å². The summed E-state index contributed by atoms with van der Waals surface area (Å²) in [5.74, 6) is 0.708. The van der Waals surface area contributed by atoms with E-state index < -0.39 is 17.6 Å². The summed E-state index contributed by atoms with van der Waals surface area (Å²) < 4.78 is 5.22. The van der Waals surface area contributed by atoms with Crippen LogP contribution < -0.4 is 15.8 Å². The van der Waals surface area contributed by atoms with Crippen LogP contribution in [-0.4, -0.2) is 29.9 Å². The summed E-state index contributed by atoms with van der Waals surface area (Å²) in [7, 11) is 0. The van der Waals surface area contributed by atoms with Crippen molar-refractivity contribution in [3.8, 4) is 0 Å². The molecule has 3 rings (SSSR count). The number of hydrogen-bond donors (Lipinski definition) is 2. The third-order valence-corrected chi connectivity index (χ3v) is 7.30. The van der Waals surface area contributed by atoms with Gasteiger partial charge in [0.2, 0.25) is 5.91 Å². The molecule has 1 aliphatic heterocycles. The van der Waals surface area contributed by atoms with Crippen LogP contribution in [0.3, 0.4) is 0 Å². The van der Waals surface area contributed by atoms with Crippen LogP contribution in [0.25, 0.3) is 0 Å². The van der Waals surface area contributed by atoms with Crippen LogP contribution in [0.4, 0.5) is 9.80 Å². The molecule has 1 saturated carbocycles. The quantitative estimate of drug-likeness (QED) is 0.448. The molecule has 0 bridgehead atoms. The fourth-order valence-corrected chi connectivity index (χ4v) is 5.42. The number of hydrazine groups is 1. The Morgan fingerprint density at radius 3 is 2.52 bits per heavy atom. The van der Waals surface area contributed by atoms with Gasteiger partial charge in [0.25, 0.3) is 0 Å². The number of ether oxygens (including phenoxy) is 1. The second kappa shape index (κ2) is 9.28. The summed E-state index contributed by atoms with van der Waals surface area (Å²) in [6, 6.07) is 0. The van der Waals surface area contributed by atoms with Crippen molar-refractivity contribution in [1.29, 1.82) is 0 Å². The molecule has 1 aromatic rings. The van der Waals surface area contributed by atoms with E-state index in [0.717, 1.165) is 28.3 Å². The number of rotatable bonds is 8. The number of hydrogen-bond acceptors (Lipinski definition) is 6. The van der Waals surface area contributed by atoms with Crippen LogP contribution in [0, 0.1) is 24.7 Å². The zero-order valence-corrected chi connectivity index (χ0v) is 20.3. The SMILES string of the molecule is CCCN1C(=O)C(CC[C@H]2C[C@@H]2C)C(=O)c2c1sc(CNNC(=O)OC(C)(C)C)c2C. The van der Waals surface area contributed by atoms with Crippen molar-refractivity contribution >= 4 is 34.1 Å². The summed E-state index contributed by atoms with van der Waals surface area (Å²) in [6.45, 7) is 12.6. The molecule has 7 nitrogen and oxygen atoms in total. The van der Waals surface area contributed by atoms with Crippen LogP contribution in [0.15, 0.2) is 0 Å². The molecule has 1 aliphatic carbocycles. The maximum Gasteiger partial charge on any atom is 0.422 e. The minimum Gasteiger partial charge on any atom is -0.443 e. The van der Waals surface area contributed by atoms with E-state index >= 15 is 0 Å². The van der Waals surface area contributed by atoms with Gasteiger partial charge in [-0.3, -0.25) is 15.0 Å². The predicted molar refractivity (Wildman–Crippen MR) is 122 cm³/mol. The van der Waals surface area contributed by atoms with Gasteiger partial charge in [0.15, 0.2) is 5.78 Å². The van der Waals surface area contributed by atoms with E-state index in [-0.39, 0.29) is 11.7 Å². The smallest absolute Gasteiger partial charge is 0.422 e. The molecule has 1 aromatic heterocycles. The van der Waals surface area contributed by atoms with Crippen LogP contribution in [0.1, 0.15) is 81.1 Å². The molecule has 2 aliphatic rings. The number of carbonyl (C=O) groups is 3. The number of Topliss-reactive ketones (excluding diaryl/α,β-unsaturated/α-hetero) is 1. The molecule has 0 aromatic carbocycles. The van der Waals surface area contributed by atoms with E-state index in [2.05, 4.69) is 17.8 Å². The van der Waals surface area contributed by atoms with Crippen molar-refractivity contribution in [3.63, 3.8) is 0 Å². The molecule has 8 heteroatoms. The zero-order valence-electron chi connectivity index (χ0n) is 19.5. The van der Waals surface area contributed by atoms with E-state index in [0.29, 0.717) is 36.9 Å². The first-order valence-electron chi connectivity index (χ1n) is 11.2. The van der Waals surface area contributed by atoms with Crippen molar-refractivity contribution in [2.45, 2.75) is 79.4 Å². The lowest BCUT2D eigenvalue weighted by molar-refractivity contribution is -0.121. The van der Waals surface area contributed by atoms with Crippen LogP contribution >= 0.6 is 11.3 Å². The number of thiophene rings is 1. The Hall–Kier alpha value is -1.93. The highest BCUT2D eigenvalue weighted by molar-refractivity contribution is 7.17. The van der Waals surface area contributed by atoms with Gasteiger partial charge in [-0.25, -0.2) is 10.2 Å². The van der Waals surface area contributed by atoms with Gasteiger partial charge < -0.3 is 9.64 Å². The molecule has 2 amide bonds. The number of fused-ring (bicyclic) bond motifs is 1. The molecule has 0 saturated heterocycles. The molecule has 31 heavy (non-hydrogen) atoms. The highest BCUT2D eigenvalue weighted by atomic mass is 32.1. The van der Waals surface area contributed by atoms with Crippen molar-refractivity contribution in [2.75, 3.05) is 11.4 Å². The van der Waals surface area contributed by atoms with E-state index in [1.54, 1.807) is 25.7 Å². The van der Waals surface area contributed by atoms with Gasteiger partial charge in [-0.05, 0) is 70.8 Å². The largest absolute Gasteiger partial charge is 0.443 e. The fourth-order valence-electron chi connectivity index (χ4n) is 4.14. The number of nitrogens with one attached hydrogen (secondary N) is 2. The van der Waals surface area contributed by atoms with Gasteiger partial charge in [0.1, 0.15) is 16.5 Å². The number of anilines is 1. The van der Waals surface area contributed by atoms with Crippen molar-refractivity contribution in [2.24, 2.45) is 17.8 Å². The highest BCUT2D eigenvalue weighted by Gasteiger charge is 2.43. The van der Waals surface area contributed by atoms with E-state index in [1.165, 1.54) is 17.8 Å². The monoisotopic (exact) mass is 449 g/mol. The highest BCUT2D eigenvalue weighted by Crippen LogP contribution is 2.45. The Morgan fingerprint density at radius 2 is 1.94 bits per heavy atom. The summed E-state index contributed by atoms with van der Waals surface area (Å²) >= 11 is 1.45. The zero-order chi connectivity index (χ0) is 22.9. The summed E-state index contributed by atoms with van der Waals surface area (Å²) in [6.07, 6.45) is 3.05. The van der Waals surface area contributed by atoms with Crippen LogP contribution in [-0.2, 0) is 16.1 Å². The van der Waals surface area contributed by atoms with Gasteiger partial charge in [-0.1, -0.05) is 13.8 Å². The van der Waals surface area contributed by atoms with E-state index in [4.69, 9.17) is 4.74 Å². The lowest BCUT2D eigenvalue weighted by Crippen LogP contribution is -2.44. The second-order valence-electron chi connectivity index (χ2n) is 9.77. The molecule has 172 valence electrons. The molecular formula is C23H35N3O4S. The summed E-state index contributed by atoms with van der Waals surface area (Å²) in [5.41, 5.74) is 6.41. The first-order chi connectivity index (χ1) is 14.5. The molecular weight excluding hydrogens is 414 g/mol. The van der Waals surface area contributed by atoms with Gasteiger partial charge >= 0.3 is 6.09 Å². The Balaban J connectivity index is 1.74. The number of amides is 2. The maximum atomic E-state index is 13.3. The van der Waals surface area contributed by atoms with Crippen molar-refractivity contribution in [3.05, 3.63) is 16.0 Å². The van der Waals surface area contributed by atoms with Crippen LogP contribution in [0.5, 0.6) is 0 Å². The summed E-state index contributed by atoms with van der Waals surface area (Å²) in [4.78, 5) is 41.1.